The van der Waals surface area contributed by atoms with Crippen molar-refractivity contribution >= 4 is 27.6 Å². The molecule has 1 heterocycles. The third kappa shape index (κ3) is 4.59. The average molecular weight is 416 g/mol. The lowest BCUT2D eigenvalue weighted by atomic mass is 10.1. The number of hydrogen-bond acceptors (Lipinski definition) is 5. The predicted molar refractivity (Wildman–Crippen MR) is 110 cm³/mol. The van der Waals surface area contributed by atoms with E-state index in [9.17, 15) is 18.0 Å². The lowest BCUT2D eigenvalue weighted by Crippen LogP contribution is -2.33. The summed E-state index contributed by atoms with van der Waals surface area (Å²) in [6, 6.07) is 14.2. The molecule has 1 atom stereocenters. The number of carbonyl (C=O) groups excluding carboxylic acids is 2. The molecule has 154 valence electrons. The Labute approximate surface area is 170 Å². The van der Waals surface area contributed by atoms with Crippen molar-refractivity contribution in [1.29, 1.82) is 0 Å². The van der Waals surface area contributed by atoms with Crippen molar-refractivity contribution in [3.8, 4) is 0 Å². The van der Waals surface area contributed by atoms with Crippen molar-refractivity contribution in [3.05, 3.63) is 65.2 Å². The highest BCUT2D eigenvalue weighted by Gasteiger charge is 2.27. The van der Waals surface area contributed by atoms with Gasteiger partial charge in [-0.15, -0.1) is 0 Å². The van der Waals surface area contributed by atoms with E-state index in [1.165, 1.54) is 15.3 Å². The highest BCUT2D eigenvalue weighted by Crippen LogP contribution is 2.30. The predicted octanol–water partition coefficient (Wildman–Crippen LogP) is 2.39. The van der Waals surface area contributed by atoms with Crippen LogP contribution in [0.3, 0.4) is 0 Å². The second kappa shape index (κ2) is 8.24. The molecule has 29 heavy (non-hydrogen) atoms. The number of nitrogens with zero attached hydrogens (tertiary/aromatic N) is 2. The third-order valence-corrected chi connectivity index (χ3v) is 6.33. The summed E-state index contributed by atoms with van der Waals surface area (Å²) in [6.07, 6.45) is 1.68. The van der Waals surface area contributed by atoms with Crippen LogP contribution in [-0.2, 0) is 26.0 Å². The summed E-state index contributed by atoms with van der Waals surface area (Å²) in [7, 11) is -1.67. The smallest absolute Gasteiger partial charge is 0.338 e. The van der Waals surface area contributed by atoms with Gasteiger partial charge in [0.1, 0.15) is 0 Å². The summed E-state index contributed by atoms with van der Waals surface area (Å²) in [4.78, 5) is 26.3. The Bertz CT molecular complexity index is 1020. The quantitative estimate of drug-likeness (QED) is 0.675. The van der Waals surface area contributed by atoms with Crippen LogP contribution in [0, 0.1) is 0 Å². The molecular weight excluding hydrogens is 392 g/mol. The van der Waals surface area contributed by atoms with Crippen molar-refractivity contribution in [1.82, 2.24) is 4.90 Å². The van der Waals surface area contributed by atoms with Crippen LogP contribution in [0.15, 0.2) is 48.5 Å². The molecule has 0 aliphatic carbocycles. The first kappa shape index (κ1) is 20.9. The molecule has 0 bridgehead atoms. The molecule has 1 aliphatic rings. The first-order chi connectivity index (χ1) is 13.7. The van der Waals surface area contributed by atoms with Gasteiger partial charge >= 0.3 is 5.97 Å². The van der Waals surface area contributed by atoms with Gasteiger partial charge in [-0.3, -0.25) is 9.10 Å². The minimum Gasteiger partial charge on any atom is -0.452 e. The molecule has 7 nitrogen and oxygen atoms in total. The number of hydrogen-bond donors (Lipinski definition) is 0. The van der Waals surface area contributed by atoms with Crippen molar-refractivity contribution in [2.24, 2.45) is 0 Å². The van der Waals surface area contributed by atoms with Crippen molar-refractivity contribution in [2.45, 2.75) is 19.4 Å². The summed E-state index contributed by atoms with van der Waals surface area (Å²) in [5, 5.41) is 0. The Hall–Kier alpha value is -2.87. The average Bonchev–Trinajstić information content (AvgIpc) is 3.15. The van der Waals surface area contributed by atoms with Gasteiger partial charge in [-0.2, -0.15) is 0 Å². The SMILES string of the molecule is C[C@H](c1ccccc1)N(C)C(=O)COC(=O)c1ccc2c(c1)CCN2S(C)(=O)=O. The lowest BCUT2D eigenvalue weighted by molar-refractivity contribution is -0.135. The molecule has 0 saturated carbocycles. The molecule has 1 aliphatic heterocycles. The molecule has 0 spiro atoms. The molecule has 0 unspecified atom stereocenters. The molecule has 0 N–H and O–H groups in total. The van der Waals surface area contributed by atoms with Gasteiger partial charge in [0.15, 0.2) is 6.61 Å². The number of anilines is 1. The number of amides is 1. The standard InChI is InChI=1S/C21H24N2O5S/c1-15(16-7-5-4-6-8-16)22(2)20(24)14-28-21(25)18-9-10-19-17(13-18)11-12-23(19)29(3,26)27/h4-10,13,15H,11-12,14H2,1-3H3/t15-/m1/s1. The van der Waals surface area contributed by atoms with Crippen molar-refractivity contribution < 1.29 is 22.7 Å². The largest absolute Gasteiger partial charge is 0.452 e. The Balaban J connectivity index is 1.62. The van der Waals surface area contributed by atoms with E-state index in [1.807, 2.05) is 37.3 Å². The molecule has 0 fully saturated rings. The topological polar surface area (TPSA) is 84.0 Å². The van der Waals surface area contributed by atoms with Crippen LogP contribution < -0.4 is 4.31 Å². The van der Waals surface area contributed by atoms with E-state index in [0.29, 0.717) is 24.2 Å². The first-order valence-corrected chi connectivity index (χ1v) is 11.1. The number of sulfonamides is 1. The van der Waals surface area contributed by atoms with Crippen molar-refractivity contribution in [2.75, 3.05) is 30.8 Å². The van der Waals surface area contributed by atoms with Crippen LogP contribution in [0.2, 0.25) is 0 Å². The Morgan fingerprint density at radius 1 is 1.17 bits per heavy atom. The van der Waals surface area contributed by atoms with Gasteiger partial charge in [0.2, 0.25) is 10.0 Å². The lowest BCUT2D eigenvalue weighted by Gasteiger charge is -2.25. The number of ether oxygens (including phenoxy) is 1. The van der Waals surface area contributed by atoms with E-state index in [2.05, 4.69) is 0 Å². The number of carbonyl (C=O) groups is 2. The van der Waals surface area contributed by atoms with Crippen molar-refractivity contribution in [3.63, 3.8) is 0 Å². The molecule has 3 rings (SSSR count). The first-order valence-electron chi connectivity index (χ1n) is 9.27. The highest BCUT2D eigenvalue weighted by atomic mass is 32.2. The van der Waals surface area contributed by atoms with Gasteiger partial charge in [-0.05, 0) is 42.7 Å². The highest BCUT2D eigenvalue weighted by molar-refractivity contribution is 7.92. The van der Waals surface area contributed by atoms with Gasteiger partial charge < -0.3 is 9.64 Å². The summed E-state index contributed by atoms with van der Waals surface area (Å²) >= 11 is 0. The van der Waals surface area contributed by atoms with Gasteiger partial charge in [0.05, 0.1) is 23.5 Å². The monoisotopic (exact) mass is 416 g/mol. The van der Waals surface area contributed by atoms with E-state index in [-0.39, 0.29) is 18.6 Å². The molecule has 8 heteroatoms. The summed E-state index contributed by atoms with van der Waals surface area (Å²) in [5.74, 6) is -0.918. The van der Waals surface area contributed by atoms with E-state index >= 15 is 0 Å². The maximum Gasteiger partial charge on any atom is 0.338 e. The fourth-order valence-electron chi connectivity index (χ4n) is 3.33. The molecule has 1 amide bonds. The fourth-order valence-corrected chi connectivity index (χ4v) is 4.28. The molecular formula is C21H24N2O5S. The third-order valence-electron chi connectivity index (χ3n) is 5.15. The zero-order valence-corrected chi connectivity index (χ0v) is 17.5. The van der Waals surface area contributed by atoms with Crippen LogP contribution in [0.4, 0.5) is 5.69 Å². The van der Waals surface area contributed by atoms with E-state index < -0.39 is 16.0 Å². The van der Waals surface area contributed by atoms with Crippen LogP contribution in [0.25, 0.3) is 0 Å². The normalized spacial score (nSPS) is 14.2. The summed E-state index contributed by atoms with van der Waals surface area (Å²) < 4.78 is 30.1. The number of benzene rings is 2. The number of rotatable bonds is 6. The van der Waals surface area contributed by atoms with Gasteiger partial charge in [0, 0.05) is 13.6 Å². The summed E-state index contributed by atoms with van der Waals surface area (Å²) in [6.45, 7) is 1.90. The van der Waals surface area contributed by atoms with E-state index in [0.717, 1.165) is 17.4 Å². The maximum atomic E-state index is 12.4. The number of esters is 1. The van der Waals surface area contributed by atoms with Crippen LogP contribution in [0.1, 0.15) is 34.5 Å². The minimum atomic E-state index is -3.34. The van der Waals surface area contributed by atoms with E-state index in [4.69, 9.17) is 4.74 Å². The molecule has 2 aromatic rings. The van der Waals surface area contributed by atoms with Gasteiger partial charge in [-0.1, -0.05) is 30.3 Å². The second-order valence-electron chi connectivity index (χ2n) is 7.10. The Morgan fingerprint density at radius 2 is 1.86 bits per heavy atom. The van der Waals surface area contributed by atoms with Crippen LogP contribution >= 0.6 is 0 Å². The number of fused-ring (bicyclic) bond motifs is 1. The molecule has 0 saturated heterocycles. The number of likely N-dealkylation sites (N-methyl/N-ethyl adjacent to an activating group) is 1. The Morgan fingerprint density at radius 3 is 2.52 bits per heavy atom. The minimum absolute atomic E-state index is 0.149. The van der Waals surface area contributed by atoms with Gasteiger partial charge in [0.25, 0.3) is 5.91 Å². The molecule has 0 radical (unpaired) electrons. The fraction of sp³-hybridized carbons (Fsp3) is 0.333. The van der Waals surface area contributed by atoms with E-state index in [1.54, 1.807) is 19.2 Å². The van der Waals surface area contributed by atoms with Crippen LogP contribution in [0.5, 0.6) is 0 Å². The zero-order valence-electron chi connectivity index (χ0n) is 16.7. The molecule has 2 aromatic carbocycles. The Kier molecular flexibility index (Phi) is 5.93. The maximum absolute atomic E-state index is 12.4. The summed E-state index contributed by atoms with van der Waals surface area (Å²) in [5.41, 5.74) is 2.64. The van der Waals surface area contributed by atoms with Crippen LogP contribution in [-0.4, -0.2) is 51.6 Å². The molecule has 0 aromatic heterocycles. The zero-order chi connectivity index (χ0) is 21.2. The van der Waals surface area contributed by atoms with Gasteiger partial charge in [-0.25, -0.2) is 13.2 Å². The second-order valence-corrected chi connectivity index (χ2v) is 9.00.